The summed E-state index contributed by atoms with van der Waals surface area (Å²) in [5.74, 6) is 0.993. The molecule has 0 spiro atoms. The van der Waals surface area contributed by atoms with E-state index in [1.165, 1.54) is 5.56 Å². The second-order valence-corrected chi connectivity index (χ2v) is 7.35. The highest BCUT2D eigenvalue weighted by Crippen LogP contribution is 2.22. The molecule has 0 saturated carbocycles. The number of para-hydroxylation sites is 1. The van der Waals surface area contributed by atoms with Crippen LogP contribution in [0, 0.1) is 5.92 Å². The van der Waals surface area contributed by atoms with Crippen molar-refractivity contribution >= 4 is 17.5 Å². The van der Waals surface area contributed by atoms with Gasteiger partial charge in [0.1, 0.15) is 5.75 Å². The van der Waals surface area contributed by atoms with E-state index in [4.69, 9.17) is 4.74 Å². The fourth-order valence-electron chi connectivity index (χ4n) is 3.32. The van der Waals surface area contributed by atoms with Gasteiger partial charge in [0, 0.05) is 13.1 Å². The smallest absolute Gasteiger partial charge is 0.262 e. The van der Waals surface area contributed by atoms with Crippen LogP contribution in [-0.4, -0.2) is 36.4 Å². The Hall–Kier alpha value is -2.82. The number of nitrogens with zero attached hydrogens (tertiary/aromatic N) is 1. The van der Waals surface area contributed by atoms with E-state index < -0.39 is 0 Å². The first-order chi connectivity index (χ1) is 13.6. The summed E-state index contributed by atoms with van der Waals surface area (Å²) in [5.41, 5.74) is 2.27. The zero-order valence-corrected chi connectivity index (χ0v) is 16.6. The molecule has 2 aromatic carbocycles. The zero-order valence-electron chi connectivity index (χ0n) is 16.6. The van der Waals surface area contributed by atoms with Gasteiger partial charge in [0.05, 0.1) is 11.3 Å². The molecule has 5 nitrogen and oxygen atoms in total. The number of hydrogen-bond donors (Lipinski definition) is 1. The molecule has 3 rings (SSSR count). The molecule has 28 heavy (non-hydrogen) atoms. The third-order valence-electron chi connectivity index (χ3n) is 5.20. The molecule has 2 amide bonds. The van der Waals surface area contributed by atoms with E-state index in [0.29, 0.717) is 22.9 Å². The third-order valence-corrected chi connectivity index (χ3v) is 5.20. The molecule has 0 atom stereocenters. The summed E-state index contributed by atoms with van der Waals surface area (Å²) < 4.78 is 5.56. The van der Waals surface area contributed by atoms with Crippen molar-refractivity contribution in [1.29, 1.82) is 0 Å². The quantitative estimate of drug-likeness (QED) is 0.819. The van der Waals surface area contributed by atoms with Crippen LogP contribution in [-0.2, 0) is 11.2 Å². The van der Waals surface area contributed by atoms with Crippen LogP contribution in [0.25, 0.3) is 0 Å². The van der Waals surface area contributed by atoms with Gasteiger partial charge in [0.2, 0.25) is 0 Å². The topological polar surface area (TPSA) is 58.6 Å². The SMILES string of the molecule is CCc1ccc(OCC(=O)Nc2ccccc2C(=O)N2CCC(C)CC2)cc1. The summed E-state index contributed by atoms with van der Waals surface area (Å²) >= 11 is 0. The minimum absolute atomic E-state index is 0.0288. The summed E-state index contributed by atoms with van der Waals surface area (Å²) in [5, 5.41) is 2.82. The summed E-state index contributed by atoms with van der Waals surface area (Å²) in [4.78, 5) is 27.1. The molecule has 1 aliphatic rings. The second kappa shape index (κ2) is 9.40. The molecule has 1 aliphatic heterocycles. The normalized spacial score (nSPS) is 14.6. The molecule has 1 N–H and O–H groups in total. The Balaban J connectivity index is 1.60. The molecule has 1 fully saturated rings. The van der Waals surface area contributed by atoms with Crippen molar-refractivity contribution in [2.45, 2.75) is 33.1 Å². The molecule has 1 saturated heterocycles. The van der Waals surface area contributed by atoms with Gasteiger partial charge in [-0.2, -0.15) is 0 Å². The largest absolute Gasteiger partial charge is 0.484 e. The highest BCUT2D eigenvalue weighted by molar-refractivity contribution is 6.04. The van der Waals surface area contributed by atoms with Crippen LogP contribution in [0.4, 0.5) is 5.69 Å². The summed E-state index contributed by atoms with van der Waals surface area (Å²) in [6.45, 7) is 5.73. The average molecular weight is 380 g/mol. The molecule has 0 bridgehead atoms. The number of nitrogens with one attached hydrogen (secondary N) is 1. The van der Waals surface area contributed by atoms with Gasteiger partial charge < -0.3 is 15.0 Å². The maximum Gasteiger partial charge on any atom is 0.262 e. The first kappa shape index (κ1) is 19.9. The molecule has 0 aliphatic carbocycles. The predicted octanol–water partition coefficient (Wildman–Crippen LogP) is 4.14. The van der Waals surface area contributed by atoms with Crippen molar-refractivity contribution in [3.05, 3.63) is 59.7 Å². The van der Waals surface area contributed by atoms with Crippen LogP contribution in [0.1, 0.15) is 42.6 Å². The fourth-order valence-corrected chi connectivity index (χ4v) is 3.32. The van der Waals surface area contributed by atoms with Crippen molar-refractivity contribution in [2.75, 3.05) is 25.0 Å². The molecule has 5 heteroatoms. The van der Waals surface area contributed by atoms with Gasteiger partial charge in [-0.25, -0.2) is 0 Å². The van der Waals surface area contributed by atoms with Crippen LogP contribution in [0.5, 0.6) is 5.75 Å². The number of amides is 2. The van der Waals surface area contributed by atoms with Crippen LogP contribution in [0.3, 0.4) is 0 Å². The summed E-state index contributed by atoms with van der Waals surface area (Å²) in [6, 6.07) is 14.9. The third kappa shape index (κ3) is 5.12. The fraction of sp³-hybridized carbons (Fsp3) is 0.391. The highest BCUT2D eigenvalue weighted by Gasteiger charge is 2.23. The van der Waals surface area contributed by atoms with Crippen molar-refractivity contribution in [3.63, 3.8) is 0 Å². The second-order valence-electron chi connectivity index (χ2n) is 7.35. The maximum absolute atomic E-state index is 12.9. The number of hydrogen-bond acceptors (Lipinski definition) is 3. The maximum atomic E-state index is 12.9. The first-order valence-electron chi connectivity index (χ1n) is 9.96. The number of anilines is 1. The minimum atomic E-state index is -0.285. The Labute approximate surface area is 166 Å². The van der Waals surface area contributed by atoms with Crippen LogP contribution in [0.2, 0.25) is 0 Å². The predicted molar refractivity (Wildman–Crippen MR) is 111 cm³/mol. The van der Waals surface area contributed by atoms with Crippen LogP contribution in [0.15, 0.2) is 48.5 Å². The molecule has 0 radical (unpaired) electrons. The lowest BCUT2D eigenvalue weighted by Crippen LogP contribution is -2.38. The lowest BCUT2D eigenvalue weighted by Gasteiger charge is -2.30. The molecule has 0 unspecified atom stereocenters. The molecular formula is C23H28N2O3. The van der Waals surface area contributed by atoms with E-state index in [1.54, 1.807) is 12.1 Å². The van der Waals surface area contributed by atoms with Gasteiger partial charge >= 0.3 is 0 Å². The van der Waals surface area contributed by atoms with E-state index >= 15 is 0 Å². The van der Waals surface area contributed by atoms with Crippen LogP contribution < -0.4 is 10.1 Å². The Kier molecular flexibility index (Phi) is 6.69. The Morgan fingerprint density at radius 3 is 2.43 bits per heavy atom. The van der Waals surface area contributed by atoms with Crippen molar-refractivity contribution in [2.24, 2.45) is 5.92 Å². The van der Waals surface area contributed by atoms with Gasteiger partial charge in [-0.05, 0) is 55.0 Å². The number of rotatable bonds is 6. The van der Waals surface area contributed by atoms with Gasteiger partial charge in [0.15, 0.2) is 6.61 Å². The monoisotopic (exact) mass is 380 g/mol. The van der Waals surface area contributed by atoms with Crippen molar-refractivity contribution in [1.82, 2.24) is 4.90 Å². The number of ether oxygens (including phenoxy) is 1. The molecule has 1 heterocycles. The lowest BCUT2D eigenvalue weighted by molar-refractivity contribution is -0.118. The van der Waals surface area contributed by atoms with Gasteiger partial charge in [0.25, 0.3) is 11.8 Å². The van der Waals surface area contributed by atoms with E-state index in [9.17, 15) is 9.59 Å². The summed E-state index contributed by atoms with van der Waals surface area (Å²) in [7, 11) is 0. The zero-order chi connectivity index (χ0) is 19.9. The van der Waals surface area contributed by atoms with Crippen molar-refractivity contribution < 1.29 is 14.3 Å². The Morgan fingerprint density at radius 1 is 1.07 bits per heavy atom. The first-order valence-corrected chi connectivity index (χ1v) is 9.96. The van der Waals surface area contributed by atoms with E-state index in [0.717, 1.165) is 32.4 Å². The van der Waals surface area contributed by atoms with E-state index in [2.05, 4.69) is 19.2 Å². The molecule has 148 valence electrons. The number of aryl methyl sites for hydroxylation is 1. The van der Waals surface area contributed by atoms with Crippen LogP contribution >= 0.6 is 0 Å². The standard InChI is InChI=1S/C23H28N2O3/c1-3-18-8-10-19(11-9-18)28-16-22(26)24-21-7-5-4-6-20(21)23(27)25-14-12-17(2)13-15-25/h4-11,17H,3,12-16H2,1-2H3,(H,24,26). The number of carbonyl (C=O) groups excluding carboxylic acids is 2. The van der Waals surface area contributed by atoms with Gasteiger partial charge in [-0.3, -0.25) is 9.59 Å². The molecule has 0 aromatic heterocycles. The Bertz CT molecular complexity index is 809. The number of benzene rings is 2. The molecule has 2 aromatic rings. The van der Waals surface area contributed by atoms with Gasteiger partial charge in [-0.1, -0.05) is 38.1 Å². The van der Waals surface area contributed by atoms with E-state index in [1.807, 2.05) is 41.3 Å². The average Bonchev–Trinajstić information content (AvgIpc) is 2.73. The lowest BCUT2D eigenvalue weighted by atomic mass is 9.98. The van der Waals surface area contributed by atoms with E-state index in [-0.39, 0.29) is 18.4 Å². The number of carbonyl (C=O) groups is 2. The highest BCUT2D eigenvalue weighted by atomic mass is 16.5. The summed E-state index contributed by atoms with van der Waals surface area (Å²) in [6.07, 6.45) is 3.00. The van der Waals surface area contributed by atoms with Gasteiger partial charge in [-0.15, -0.1) is 0 Å². The molecular weight excluding hydrogens is 352 g/mol. The number of piperidine rings is 1. The Morgan fingerprint density at radius 2 is 1.75 bits per heavy atom. The number of likely N-dealkylation sites (tertiary alicyclic amines) is 1. The van der Waals surface area contributed by atoms with Crippen molar-refractivity contribution in [3.8, 4) is 5.75 Å². The minimum Gasteiger partial charge on any atom is -0.484 e.